The topological polar surface area (TPSA) is 104 Å². The summed E-state index contributed by atoms with van der Waals surface area (Å²) < 4.78 is 5.16. The zero-order valence-electron chi connectivity index (χ0n) is 13.6. The van der Waals surface area contributed by atoms with Crippen molar-refractivity contribution >= 4 is 16.8 Å². The average Bonchev–Trinajstić information content (AvgIpc) is 2.62. The second-order valence-electron chi connectivity index (χ2n) is 5.47. The van der Waals surface area contributed by atoms with Gasteiger partial charge >= 0.3 is 0 Å². The fourth-order valence-corrected chi connectivity index (χ4v) is 2.47. The average molecular weight is 339 g/mol. The van der Waals surface area contributed by atoms with Gasteiger partial charge in [0.2, 0.25) is 0 Å². The molecule has 0 atom stereocenters. The molecule has 0 bridgehead atoms. The molecule has 3 N–H and O–H groups in total. The molecule has 128 valence electrons. The van der Waals surface area contributed by atoms with Crippen molar-refractivity contribution in [3.63, 3.8) is 0 Å². The Morgan fingerprint density at radius 3 is 2.92 bits per heavy atom. The molecule has 0 aliphatic heterocycles. The van der Waals surface area contributed by atoms with Gasteiger partial charge in [0.05, 0.1) is 18.0 Å². The minimum Gasteiger partial charge on any atom is -0.508 e. The fourth-order valence-electron chi connectivity index (χ4n) is 2.47. The van der Waals surface area contributed by atoms with E-state index < -0.39 is 11.5 Å². The number of hydrogen-bond acceptors (Lipinski definition) is 5. The highest BCUT2D eigenvalue weighted by Gasteiger charge is 2.11. The van der Waals surface area contributed by atoms with E-state index in [9.17, 15) is 14.7 Å². The summed E-state index contributed by atoms with van der Waals surface area (Å²) in [5.74, 6) is 0.201. The number of carbonyl (C=O) groups is 1. The first-order chi connectivity index (χ1) is 12.1. The van der Waals surface area contributed by atoms with Gasteiger partial charge in [-0.15, -0.1) is 0 Å². The number of carbonyl (C=O) groups excluding carboxylic acids is 1. The Hall–Kier alpha value is -3.35. The van der Waals surface area contributed by atoms with Crippen LogP contribution in [0.15, 0.2) is 47.3 Å². The summed E-state index contributed by atoms with van der Waals surface area (Å²) in [4.78, 5) is 30.8. The van der Waals surface area contributed by atoms with Crippen LogP contribution in [-0.2, 0) is 6.42 Å². The van der Waals surface area contributed by atoms with Crippen LogP contribution in [0.2, 0.25) is 0 Å². The molecule has 3 rings (SSSR count). The quantitative estimate of drug-likeness (QED) is 0.655. The standard InChI is InChI=1S/C18H17N3O4/c1-25-13-4-2-3-11(9-13)7-8-19-18(24)16-20-15-6-5-12(22)10-14(15)17(23)21-16/h2-6,9-10,22H,7-8H2,1H3,(H,19,24)(H,20,21,23). The SMILES string of the molecule is COc1cccc(CCNC(=O)c2nc3ccc(O)cc3c(=O)[nH]2)c1. The Bertz CT molecular complexity index is 981. The summed E-state index contributed by atoms with van der Waals surface area (Å²) in [6.45, 7) is 0.392. The van der Waals surface area contributed by atoms with Crippen LogP contribution in [-0.4, -0.2) is 34.6 Å². The molecule has 0 saturated heterocycles. The predicted molar refractivity (Wildman–Crippen MR) is 93.1 cm³/mol. The lowest BCUT2D eigenvalue weighted by Crippen LogP contribution is -2.29. The fraction of sp³-hybridized carbons (Fsp3) is 0.167. The summed E-state index contributed by atoms with van der Waals surface area (Å²) in [5.41, 5.74) is 0.897. The molecule has 1 heterocycles. The molecule has 7 nitrogen and oxygen atoms in total. The third kappa shape index (κ3) is 3.77. The number of fused-ring (bicyclic) bond motifs is 1. The van der Waals surface area contributed by atoms with E-state index in [-0.39, 0.29) is 17.0 Å². The molecule has 0 spiro atoms. The molecule has 0 aliphatic rings. The Morgan fingerprint density at radius 1 is 1.28 bits per heavy atom. The second kappa shape index (κ2) is 7.04. The molecule has 1 amide bonds. The van der Waals surface area contributed by atoms with Gasteiger partial charge in [0.1, 0.15) is 11.5 Å². The Balaban J connectivity index is 1.70. The highest BCUT2D eigenvalue weighted by molar-refractivity contribution is 5.92. The number of phenolic OH excluding ortho intramolecular Hbond substituents is 1. The van der Waals surface area contributed by atoms with Crippen molar-refractivity contribution in [2.45, 2.75) is 6.42 Å². The number of hydrogen-bond donors (Lipinski definition) is 3. The molecule has 0 aliphatic carbocycles. The number of methoxy groups -OCH3 is 1. The summed E-state index contributed by atoms with van der Waals surface area (Å²) in [5, 5.41) is 12.4. The van der Waals surface area contributed by atoms with Crippen LogP contribution in [0, 0.1) is 0 Å². The number of nitrogens with zero attached hydrogens (tertiary/aromatic N) is 1. The van der Waals surface area contributed by atoms with Crippen LogP contribution >= 0.6 is 0 Å². The number of nitrogens with one attached hydrogen (secondary N) is 2. The zero-order valence-corrected chi connectivity index (χ0v) is 13.6. The minimum absolute atomic E-state index is 0.0321. The van der Waals surface area contributed by atoms with Crippen molar-refractivity contribution in [2.75, 3.05) is 13.7 Å². The minimum atomic E-state index is -0.473. The first kappa shape index (κ1) is 16.5. The molecule has 1 aromatic heterocycles. The van der Waals surface area contributed by atoms with Crippen molar-refractivity contribution in [2.24, 2.45) is 0 Å². The van der Waals surface area contributed by atoms with Gasteiger partial charge in [-0.25, -0.2) is 4.98 Å². The van der Waals surface area contributed by atoms with E-state index in [2.05, 4.69) is 15.3 Å². The third-order valence-corrected chi connectivity index (χ3v) is 3.74. The number of aromatic hydroxyl groups is 1. The second-order valence-corrected chi connectivity index (χ2v) is 5.47. The highest BCUT2D eigenvalue weighted by atomic mass is 16.5. The summed E-state index contributed by atoms with van der Waals surface area (Å²) in [7, 11) is 1.60. The van der Waals surface area contributed by atoms with Gasteiger partial charge in [0.15, 0.2) is 5.82 Å². The van der Waals surface area contributed by atoms with Crippen molar-refractivity contribution in [1.29, 1.82) is 0 Å². The summed E-state index contributed by atoms with van der Waals surface area (Å²) in [6.07, 6.45) is 0.620. The monoisotopic (exact) mass is 339 g/mol. The maximum atomic E-state index is 12.2. The van der Waals surface area contributed by atoms with Gasteiger partial charge in [-0.1, -0.05) is 12.1 Å². The van der Waals surface area contributed by atoms with Crippen LogP contribution in [0.5, 0.6) is 11.5 Å². The van der Waals surface area contributed by atoms with E-state index in [0.717, 1.165) is 11.3 Å². The number of benzene rings is 2. The summed E-state index contributed by atoms with van der Waals surface area (Å²) >= 11 is 0. The van der Waals surface area contributed by atoms with Crippen molar-refractivity contribution in [3.05, 3.63) is 64.2 Å². The molecule has 3 aromatic rings. The molecule has 0 fully saturated rings. The van der Waals surface area contributed by atoms with E-state index in [1.165, 1.54) is 18.2 Å². The zero-order chi connectivity index (χ0) is 17.8. The predicted octanol–water partition coefficient (Wildman–Crippen LogP) is 1.61. The van der Waals surface area contributed by atoms with E-state index in [1.807, 2.05) is 24.3 Å². The van der Waals surface area contributed by atoms with Gasteiger partial charge < -0.3 is 20.1 Å². The molecule has 0 unspecified atom stereocenters. The summed E-state index contributed by atoms with van der Waals surface area (Å²) in [6, 6.07) is 11.8. The number of phenols is 1. The van der Waals surface area contributed by atoms with Crippen LogP contribution in [0.4, 0.5) is 0 Å². The lowest BCUT2D eigenvalue weighted by atomic mass is 10.1. The maximum Gasteiger partial charge on any atom is 0.287 e. The van der Waals surface area contributed by atoms with E-state index in [1.54, 1.807) is 7.11 Å². The molecule has 2 aromatic carbocycles. The van der Waals surface area contributed by atoms with Crippen molar-refractivity contribution < 1.29 is 14.6 Å². The number of ether oxygens (including phenoxy) is 1. The van der Waals surface area contributed by atoms with Gasteiger partial charge in [-0.05, 0) is 42.3 Å². The maximum absolute atomic E-state index is 12.2. The number of rotatable bonds is 5. The Labute approximate surface area is 143 Å². The smallest absolute Gasteiger partial charge is 0.287 e. The molecule has 0 radical (unpaired) electrons. The largest absolute Gasteiger partial charge is 0.508 e. The first-order valence-electron chi connectivity index (χ1n) is 7.71. The number of aromatic amines is 1. The molecule has 0 saturated carbocycles. The van der Waals surface area contributed by atoms with E-state index in [4.69, 9.17) is 4.74 Å². The Morgan fingerprint density at radius 2 is 2.12 bits per heavy atom. The van der Waals surface area contributed by atoms with Crippen LogP contribution in [0.1, 0.15) is 16.2 Å². The molecular formula is C18H17N3O4. The lowest BCUT2D eigenvalue weighted by Gasteiger charge is -2.07. The third-order valence-electron chi connectivity index (χ3n) is 3.74. The van der Waals surface area contributed by atoms with Crippen LogP contribution < -0.4 is 15.6 Å². The van der Waals surface area contributed by atoms with Gasteiger partial charge in [0.25, 0.3) is 11.5 Å². The van der Waals surface area contributed by atoms with E-state index in [0.29, 0.717) is 18.5 Å². The lowest BCUT2D eigenvalue weighted by molar-refractivity contribution is 0.0944. The van der Waals surface area contributed by atoms with Gasteiger partial charge in [-0.3, -0.25) is 9.59 Å². The first-order valence-corrected chi connectivity index (χ1v) is 7.71. The normalized spacial score (nSPS) is 10.6. The highest BCUT2D eigenvalue weighted by Crippen LogP contribution is 2.15. The molecule has 7 heteroatoms. The van der Waals surface area contributed by atoms with Crippen LogP contribution in [0.25, 0.3) is 10.9 Å². The Kier molecular flexibility index (Phi) is 4.65. The number of H-pyrrole nitrogens is 1. The number of aromatic nitrogens is 2. The van der Waals surface area contributed by atoms with Gasteiger partial charge in [0, 0.05) is 6.54 Å². The van der Waals surface area contributed by atoms with Gasteiger partial charge in [-0.2, -0.15) is 0 Å². The van der Waals surface area contributed by atoms with Crippen molar-refractivity contribution in [3.8, 4) is 11.5 Å². The van der Waals surface area contributed by atoms with E-state index >= 15 is 0 Å². The number of amides is 1. The molecule has 25 heavy (non-hydrogen) atoms. The van der Waals surface area contributed by atoms with Crippen molar-refractivity contribution in [1.82, 2.24) is 15.3 Å². The van der Waals surface area contributed by atoms with Crippen LogP contribution in [0.3, 0.4) is 0 Å². The molecular weight excluding hydrogens is 322 g/mol.